The number of para-hydroxylation sites is 1. The van der Waals surface area contributed by atoms with Crippen LogP contribution in [0.3, 0.4) is 0 Å². The van der Waals surface area contributed by atoms with Crippen molar-refractivity contribution in [3.8, 4) is 5.75 Å². The Balaban J connectivity index is 1.33. The van der Waals surface area contributed by atoms with E-state index in [-0.39, 0.29) is 30.0 Å². The van der Waals surface area contributed by atoms with Crippen molar-refractivity contribution in [2.75, 3.05) is 17.5 Å². The number of piperidine rings is 1. The average molecular weight is 651 g/mol. The van der Waals surface area contributed by atoms with Crippen molar-refractivity contribution in [1.82, 2.24) is 4.90 Å². The minimum absolute atomic E-state index is 0.0120. The average Bonchev–Trinajstić information content (AvgIpc) is 3.05. The second kappa shape index (κ2) is 14.7. The van der Waals surface area contributed by atoms with Gasteiger partial charge in [0.1, 0.15) is 17.4 Å². The third-order valence-corrected chi connectivity index (χ3v) is 9.73. The lowest BCUT2D eigenvalue weighted by Gasteiger charge is -2.35. The van der Waals surface area contributed by atoms with Crippen molar-refractivity contribution in [3.05, 3.63) is 131 Å². The molecule has 0 aliphatic carbocycles. The maximum atomic E-state index is 15.0. The van der Waals surface area contributed by atoms with Crippen LogP contribution in [-0.4, -0.2) is 38.4 Å². The first-order valence-corrected chi connectivity index (χ1v) is 16.5. The highest BCUT2D eigenvalue weighted by atomic mass is 35.5. The fraction of sp³-hybridized carbons (Fsp3) is 0.229. The molecule has 45 heavy (non-hydrogen) atoms. The van der Waals surface area contributed by atoms with Gasteiger partial charge < -0.3 is 9.64 Å². The number of amides is 1. The number of benzene rings is 4. The van der Waals surface area contributed by atoms with Gasteiger partial charge in [-0.05, 0) is 73.4 Å². The Morgan fingerprint density at radius 3 is 2.47 bits per heavy atom. The lowest BCUT2D eigenvalue weighted by molar-refractivity contribution is -0.129. The van der Waals surface area contributed by atoms with E-state index in [2.05, 4.69) is 0 Å². The quantitative estimate of drug-likeness (QED) is 0.155. The van der Waals surface area contributed by atoms with E-state index in [1.165, 1.54) is 24.3 Å². The van der Waals surface area contributed by atoms with E-state index in [0.29, 0.717) is 29.3 Å². The number of hydrogen-bond donors (Lipinski definition) is 0. The Kier molecular flexibility index (Phi) is 10.5. The van der Waals surface area contributed by atoms with E-state index in [4.69, 9.17) is 16.3 Å². The van der Waals surface area contributed by atoms with Crippen molar-refractivity contribution < 1.29 is 26.7 Å². The Morgan fingerprint density at radius 2 is 1.69 bits per heavy atom. The molecule has 234 valence electrons. The molecule has 1 atom stereocenters. The summed E-state index contributed by atoms with van der Waals surface area (Å²) in [6.07, 6.45) is 6.77. The standard InChI is InChI=1S/C35H33ClF2N2O4S/c36-28-14-17-31(18-15-28)45(42,43)40(33-24-29(37)16-19-32(33)38)25-27-10-4-5-12-34(27)44-23-21-30-11-6-7-22-39(30)35(41)20-13-26-8-2-1-3-9-26/h1-5,8-10,12-20,24,30H,6-7,11,21-23,25H2. The predicted molar refractivity (Wildman–Crippen MR) is 173 cm³/mol. The first-order chi connectivity index (χ1) is 21.7. The minimum atomic E-state index is -4.34. The number of halogens is 3. The highest BCUT2D eigenvalue weighted by molar-refractivity contribution is 7.92. The molecule has 10 heteroatoms. The van der Waals surface area contributed by atoms with E-state index >= 15 is 4.39 Å². The van der Waals surface area contributed by atoms with Gasteiger partial charge in [0.05, 0.1) is 23.7 Å². The molecule has 0 N–H and O–H groups in total. The number of anilines is 1. The fourth-order valence-corrected chi connectivity index (χ4v) is 6.93. The molecule has 1 aliphatic rings. The van der Waals surface area contributed by atoms with Crippen molar-refractivity contribution in [3.63, 3.8) is 0 Å². The zero-order valence-electron chi connectivity index (χ0n) is 24.5. The fourth-order valence-electron chi connectivity index (χ4n) is 5.36. The maximum Gasteiger partial charge on any atom is 0.264 e. The monoisotopic (exact) mass is 650 g/mol. The van der Waals surface area contributed by atoms with Crippen LogP contribution in [0.15, 0.2) is 108 Å². The SMILES string of the molecule is O=C(C=Cc1ccccc1)N1CCCCC1CCOc1ccccc1CN(c1cc(F)ccc1F)S(=O)(=O)c1ccc(Cl)cc1. The lowest BCUT2D eigenvalue weighted by Crippen LogP contribution is -2.43. The summed E-state index contributed by atoms with van der Waals surface area (Å²) in [5.74, 6) is -1.32. The molecule has 0 aromatic heterocycles. The van der Waals surface area contributed by atoms with Crippen LogP contribution in [0.25, 0.3) is 6.08 Å². The van der Waals surface area contributed by atoms with Crippen molar-refractivity contribution >= 4 is 39.3 Å². The Labute approximate surface area is 267 Å². The van der Waals surface area contributed by atoms with E-state index < -0.39 is 27.3 Å². The van der Waals surface area contributed by atoms with Gasteiger partial charge in [0.25, 0.3) is 10.0 Å². The summed E-state index contributed by atoms with van der Waals surface area (Å²) in [5, 5.41) is 0.335. The number of ether oxygens (including phenoxy) is 1. The second-order valence-corrected chi connectivity index (χ2v) is 13.0. The zero-order valence-corrected chi connectivity index (χ0v) is 26.1. The van der Waals surface area contributed by atoms with Gasteiger partial charge in [-0.15, -0.1) is 0 Å². The zero-order chi connectivity index (χ0) is 31.8. The highest BCUT2D eigenvalue weighted by Crippen LogP contribution is 2.32. The summed E-state index contributed by atoms with van der Waals surface area (Å²) in [4.78, 5) is 14.8. The molecule has 1 aliphatic heterocycles. The predicted octanol–water partition coefficient (Wildman–Crippen LogP) is 7.88. The molecule has 6 nitrogen and oxygen atoms in total. The van der Waals surface area contributed by atoms with Gasteiger partial charge in [0, 0.05) is 41.7 Å². The molecule has 0 radical (unpaired) electrons. The number of likely N-dealkylation sites (tertiary alicyclic amines) is 1. The number of carbonyl (C=O) groups excluding carboxylic acids is 1. The van der Waals surface area contributed by atoms with Crippen molar-refractivity contribution in [1.29, 1.82) is 0 Å². The van der Waals surface area contributed by atoms with Gasteiger partial charge in [0.15, 0.2) is 0 Å². The van der Waals surface area contributed by atoms with Crippen LogP contribution >= 0.6 is 11.6 Å². The second-order valence-electron chi connectivity index (χ2n) is 10.7. The molecular weight excluding hydrogens is 618 g/mol. The van der Waals surface area contributed by atoms with E-state index in [1.54, 1.807) is 30.3 Å². The third-order valence-electron chi connectivity index (χ3n) is 7.70. The van der Waals surface area contributed by atoms with Crippen molar-refractivity contribution in [2.24, 2.45) is 0 Å². The smallest absolute Gasteiger partial charge is 0.264 e. The Bertz CT molecular complexity index is 1750. The van der Waals surface area contributed by atoms with Crippen LogP contribution in [0.1, 0.15) is 36.8 Å². The highest BCUT2D eigenvalue weighted by Gasteiger charge is 2.29. The van der Waals surface area contributed by atoms with Crippen LogP contribution < -0.4 is 9.04 Å². The first-order valence-electron chi connectivity index (χ1n) is 14.7. The molecule has 1 heterocycles. The molecular formula is C35H33ClF2N2O4S. The topological polar surface area (TPSA) is 66.9 Å². The van der Waals surface area contributed by atoms with Crippen molar-refractivity contribution in [2.45, 2.75) is 43.2 Å². The van der Waals surface area contributed by atoms with Crippen LogP contribution in [0.5, 0.6) is 5.75 Å². The van der Waals surface area contributed by atoms with Gasteiger partial charge in [-0.2, -0.15) is 0 Å². The van der Waals surface area contributed by atoms with Crippen LogP contribution in [0, 0.1) is 11.6 Å². The number of nitrogens with zero attached hydrogens (tertiary/aromatic N) is 2. The molecule has 1 amide bonds. The number of sulfonamides is 1. The van der Waals surface area contributed by atoms with Crippen LogP contribution in [0.2, 0.25) is 5.02 Å². The van der Waals surface area contributed by atoms with E-state index in [9.17, 15) is 17.6 Å². The number of carbonyl (C=O) groups is 1. The Hall–Kier alpha value is -4.21. The molecule has 4 aromatic rings. The molecule has 0 spiro atoms. The van der Waals surface area contributed by atoms with Gasteiger partial charge >= 0.3 is 0 Å². The normalized spacial score (nSPS) is 15.3. The number of rotatable bonds is 11. The summed E-state index contributed by atoms with van der Waals surface area (Å²) in [6.45, 7) is 0.613. The van der Waals surface area contributed by atoms with Gasteiger partial charge in [-0.1, -0.05) is 60.1 Å². The Morgan fingerprint density at radius 1 is 0.956 bits per heavy atom. The molecule has 0 saturated carbocycles. The largest absolute Gasteiger partial charge is 0.493 e. The number of hydrogen-bond acceptors (Lipinski definition) is 4. The summed E-state index contributed by atoms with van der Waals surface area (Å²) < 4.78 is 63.9. The maximum absolute atomic E-state index is 15.0. The van der Waals surface area contributed by atoms with E-state index in [1.807, 2.05) is 41.3 Å². The summed E-state index contributed by atoms with van der Waals surface area (Å²) in [7, 11) is -4.34. The third kappa shape index (κ3) is 8.09. The molecule has 1 unspecified atom stereocenters. The summed E-state index contributed by atoms with van der Waals surface area (Å²) in [6, 6.07) is 24.6. The van der Waals surface area contributed by atoms with Gasteiger partial charge in [0.2, 0.25) is 5.91 Å². The van der Waals surface area contributed by atoms with E-state index in [0.717, 1.165) is 47.3 Å². The van der Waals surface area contributed by atoms with Crippen LogP contribution in [-0.2, 0) is 21.4 Å². The molecule has 4 aromatic carbocycles. The molecule has 5 rings (SSSR count). The molecule has 1 saturated heterocycles. The summed E-state index contributed by atoms with van der Waals surface area (Å²) in [5.41, 5.74) is 0.977. The molecule has 0 bridgehead atoms. The van der Waals surface area contributed by atoms with Crippen LogP contribution in [0.4, 0.5) is 14.5 Å². The van der Waals surface area contributed by atoms with Gasteiger partial charge in [-0.3, -0.25) is 9.10 Å². The first kappa shape index (κ1) is 32.2. The lowest BCUT2D eigenvalue weighted by atomic mass is 9.99. The van der Waals surface area contributed by atoms with Gasteiger partial charge in [-0.25, -0.2) is 17.2 Å². The summed E-state index contributed by atoms with van der Waals surface area (Å²) >= 11 is 5.97. The molecule has 1 fully saturated rings. The minimum Gasteiger partial charge on any atom is -0.493 e.